The minimum Gasteiger partial charge on any atom is -0.478 e. The molecular formula is C27H19ClN2O4. The molecule has 2 heterocycles. The lowest BCUT2D eigenvalue weighted by atomic mass is 9.95. The van der Waals surface area contributed by atoms with Crippen LogP contribution in [0.25, 0.3) is 21.7 Å². The van der Waals surface area contributed by atoms with Crippen LogP contribution in [-0.2, 0) is 6.42 Å². The lowest BCUT2D eigenvalue weighted by Crippen LogP contribution is -2.06. The molecule has 0 amide bonds. The third-order valence-corrected chi connectivity index (χ3v) is 5.93. The molecule has 0 saturated heterocycles. The maximum absolute atomic E-state index is 13.0. The molecule has 0 atom stereocenters. The van der Waals surface area contributed by atoms with E-state index >= 15 is 0 Å². The maximum atomic E-state index is 13.0. The van der Waals surface area contributed by atoms with Crippen LogP contribution in [0.3, 0.4) is 0 Å². The number of benzene rings is 3. The molecule has 7 heteroatoms. The molecule has 3 aromatic carbocycles. The van der Waals surface area contributed by atoms with E-state index in [1.165, 1.54) is 0 Å². The van der Waals surface area contributed by atoms with Gasteiger partial charge in [-0.1, -0.05) is 23.7 Å². The number of H-pyrrole nitrogens is 1. The van der Waals surface area contributed by atoms with E-state index in [2.05, 4.69) is 9.97 Å². The number of carboxylic acid groups (broad SMARTS) is 1. The topological polar surface area (TPSA) is 92.3 Å². The number of Topliss-reactive ketones (excluding diaryl/α,β-unsaturated/α-hetero) is 1. The van der Waals surface area contributed by atoms with Crippen LogP contribution in [-0.4, -0.2) is 26.8 Å². The van der Waals surface area contributed by atoms with Crippen molar-refractivity contribution in [1.82, 2.24) is 9.97 Å². The number of carboxylic acids is 1. The molecule has 0 saturated carbocycles. The highest BCUT2D eigenvalue weighted by molar-refractivity contribution is 6.31. The van der Waals surface area contributed by atoms with Gasteiger partial charge in [0.2, 0.25) is 0 Å². The van der Waals surface area contributed by atoms with Crippen molar-refractivity contribution in [2.75, 3.05) is 0 Å². The molecule has 0 unspecified atom stereocenters. The Morgan fingerprint density at radius 3 is 2.65 bits per heavy atom. The number of rotatable bonds is 7. The van der Waals surface area contributed by atoms with E-state index in [1.54, 1.807) is 48.9 Å². The largest absolute Gasteiger partial charge is 0.478 e. The number of aryl methyl sites for hydroxylation is 1. The van der Waals surface area contributed by atoms with Crippen molar-refractivity contribution < 1.29 is 19.4 Å². The Bertz CT molecular complexity index is 1540. The number of aromatic amines is 1. The number of nitrogens with zero attached hydrogens (tertiary/aromatic N) is 1. The Morgan fingerprint density at radius 2 is 1.85 bits per heavy atom. The van der Waals surface area contributed by atoms with E-state index in [4.69, 9.17) is 16.3 Å². The molecule has 0 bridgehead atoms. The van der Waals surface area contributed by atoms with Gasteiger partial charge in [0, 0.05) is 46.4 Å². The van der Waals surface area contributed by atoms with Gasteiger partial charge in [-0.3, -0.25) is 9.78 Å². The van der Waals surface area contributed by atoms with Crippen molar-refractivity contribution in [3.05, 3.63) is 101 Å². The van der Waals surface area contributed by atoms with E-state index in [0.717, 1.165) is 21.7 Å². The molecule has 5 aromatic rings. The number of halogens is 1. The van der Waals surface area contributed by atoms with Crippen LogP contribution in [0, 0.1) is 0 Å². The SMILES string of the molecule is O=C(O)c1cc2cc(Cl)ccc2cc1CCC(=O)c1c[nH]c2cc(Oc3cccnc3)ccc12. The first-order chi connectivity index (χ1) is 16.5. The first-order valence-corrected chi connectivity index (χ1v) is 11.0. The summed E-state index contributed by atoms with van der Waals surface area (Å²) in [7, 11) is 0. The van der Waals surface area contributed by atoms with Crippen LogP contribution < -0.4 is 4.74 Å². The fourth-order valence-corrected chi connectivity index (χ4v) is 4.23. The summed E-state index contributed by atoms with van der Waals surface area (Å²) in [5.41, 5.74) is 2.13. The molecule has 0 aliphatic heterocycles. The molecule has 0 fully saturated rings. The molecule has 6 nitrogen and oxygen atoms in total. The summed E-state index contributed by atoms with van der Waals surface area (Å²) in [6.07, 6.45) is 5.47. The van der Waals surface area contributed by atoms with Gasteiger partial charge in [-0.25, -0.2) is 4.79 Å². The summed E-state index contributed by atoms with van der Waals surface area (Å²) in [4.78, 5) is 32.0. The lowest BCUT2D eigenvalue weighted by molar-refractivity contribution is 0.0695. The molecule has 0 aliphatic rings. The molecule has 2 aromatic heterocycles. The number of aromatic nitrogens is 2. The summed E-state index contributed by atoms with van der Waals surface area (Å²) in [5, 5.41) is 12.6. The highest BCUT2D eigenvalue weighted by atomic mass is 35.5. The molecule has 0 radical (unpaired) electrons. The first-order valence-electron chi connectivity index (χ1n) is 10.7. The predicted octanol–water partition coefficient (Wildman–Crippen LogP) is 6.68. The number of nitrogens with one attached hydrogen (secondary N) is 1. The average molecular weight is 471 g/mol. The first kappa shape index (κ1) is 21.7. The maximum Gasteiger partial charge on any atom is 0.335 e. The van der Waals surface area contributed by atoms with Gasteiger partial charge in [0.25, 0.3) is 0 Å². The molecular weight excluding hydrogens is 452 g/mol. The summed E-state index contributed by atoms with van der Waals surface area (Å²) in [6.45, 7) is 0. The second kappa shape index (κ2) is 9.00. The predicted molar refractivity (Wildman–Crippen MR) is 131 cm³/mol. The standard InChI is InChI=1S/C27H19ClN2O4/c28-19-5-3-16-10-17(23(27(32)33)12-18(16)11-19)4-8-26(31)24-15-30-25-13-20(6-7-22(24)25)34-21-2-1-9-29-14-21/h1-3,5-7,9-15,30H,4,8H2,(H,32,33). The van der Waals surface area contributed by atoms with Gasteiger partial charge in [0.15, 0.2) is 5.78 Å². The smallest absolute Gasteiger partial charge is 0.335 e. The molecule has 0 spiro atoms. The molecule has 168 valence electrons. The van der Waals surface area contributed by atoms with E-state index in [-0.39, 0.29) is 17.8 Å². The monoisotopic (exact) mass is 470 g/mol. The Kier molecular flexibility index (Phi) is 5.74. The zero-order valence-corrected chi connectivity index (χ0v) is 18.7. The van der Waals surface area contributed by atoms with Crippen LogP contribution >= 0.6 is 11.6 Å². The van der Waals surface area contributed by atoms with Crippen LogP contribution in [0.2, 0.25) is 5.02 Å². The Hall–Kier alpha value is -4.16. The molecule has 2 N–H and O–H groups in total. The fourth-order valence-electron chi connectivity index (χ4n) is 4.05. The summed E-state index contributed by atoms with van der Waals surface area (Å²) in [5.74, 6) is 0.151. The zero-order valence-electron chi connectivity index (χ0n) is 17.9. The van der Waals surface area contributed by atoms with E-state index in [1.807, 2.05) is 30.3 Å². The molecule has 34 heavy (non-hydrogen) atoms. The zero-order chi connectivity index (χ0) is 23.7. The van der Waals surface area contributed by atoms with E-state index in [0.29, 0.717) is 34.1 Å². The normalized spacial score (nSPS) is 11.1. The van der Waals surface area contributed by atoms with Gasteiger partial charge in [-0.15, -0.1) is 0 Å². The highest BCUT2D eigenvalue weighted by Gasteiger charge is 2.17. The van der Waals surface area contributed by atoms with Gasteiger partial charge < -0.3 is 14.8 Å². The average Bonchev–Trinajstić information content (AvgIpc) is 3.26. The van der Waals surface area contributed by atoms with Gasteiger partial charge >= 0.3 is 5.97 Å². The minimum atomic E-state index is -1.03. The van der Waals surface area contributed by atoms with Crippen LogP contribution in [0.1, 0.15) is 32.7 Å². The van der Waals surface area contributed by atoms with Crippen molar-refractivity contribution in [2.24, 2.45) is 0 Å². The number of carbonyl (C=O) groups is 2. The number of carbonyl (C=O) groups excluding carboxylic acids is 1. The minimum absolute atomic E-state index is 0.0697. The second-order valence-corrected chi connectivity index (χ2v) is 8.37. The fraction of sp³-hybridized carbons (Fsp3) is 0.0741. The third-order valence-electron chi connectivity index (χ3n) is 5.70. The summed E-state index contributed by atoms with van der Waals surface area (Å²) < 4.78 is 5.81. The van der Waals surface area contributed by atoms with Crippen molar-refractivity contribution >= 4 is 45.0 Å². The van der Waals surface area contributed by atoms with Gasteiger partial charge in [0.05, 0.1) is 11.8 Å². The van der Waals surface area contributed by atoms with Crippen molar-refractivity contribution in [1.29, 1.82) is 0 Å². The Morgan fingerprint density at radius 1 is 0.971 bits per heavy atom. The van der Waals surface area contributed by atoms with Crippen LogP contribution in [0.5, 0.6) is 11.5 Å². The quantitative estimate of drug-likeness (QED) is 0.259. The van der Waals surface area contributed by atoms with E-state index < -0.39 is 5.97 Å². The van der Waals surface area contributed by atoms with Crippen molar-refractivity contribution in [2.45, 2.75) is 12.8 Å². The van der Waals surface area contributed by atoms with Crippen molar-refractivity contribution in [3.63, 3.8) is 0 Å². The molecule has 0 aliphatic carbocycles. The number of pyridine rings is 1. The van der Waals surface area contributed by atoms with Gasteiger partial charge in [0.1, 0.15) is 11.5 Å². The Balaban J connectivity index is 1.37. The number of ether oxygens (including phenoxy) is 1. The summed E-state index contributed by atoms with van der Waals surface area (Å²) in [6, 6.07) is 17.8. The summed E-state index contributed by atoms with van der Waals surface area (Å²) >= 11 is 6.04. The van der Waals surface area contributed by atoms with Crippen LogP contribution in [0.4, 0.5) is 0 Å². The van der Waals surface area contributed by atoms with Gasteiger partial charge in [-0.05, 0) is 65.2 Å². The number of hydrogen-bond donors (Lipinski definition) is 2. The van der Waals surface area contributed by atoms with Gasteiger partial charge in [-0.2, -0.15) is 0 Å². The van der Waals surface area contributed by atoms with Crippen LogP contribution in [0.15, 0.2) is 79.3 Å². The highest BCUT2D eigenvalue weighted by Crippen LogP contribution is 2.29. The van der Waals surface area contributed by atoms with E-state index in [9.17, 15) is 14.7 Å². The lowest BCUT2D eigenvalue weighted by Gasteiger charge is -2.09. The number of aromatic carboxylic acids is 1. The number of ketones is 1. The Labute approximate surface area is 199 Å². The number of hydrogen-bond acceptors (Lipinski definition) is 4. The second-order valence-electron chi connectivity index (χ2n) is 7.93. The third kappa shape index (κ3) is 4.36. The van der Waals surface area contributed by atoms with Crippen molar-refractivity contribution in [3.8, 4) is 11.5 Å². The molecule has 5 rings (SSSR count). The number of fused-ring (bicyclic) bond motifs is 2.